The number of halogens is 1. The van der Waals surface area contributed by atoms with E-state index in [0.717, 1.165) is 28.0 Å². The van der Waals surface area contributed by atoms with Crippen molar-refractivity contribution in [2.75, 3.05) is 7.11 Å². The van der Waals surface area contributed by atoms with Crippen LogP contribution in [0.5, 0.6) is 5.75 Å². The highest BCUT2D eigenvalue weighted by Gasteiger charge is 2.13. The molecule has 1 aromatic heterocycles. The molecule has 1 heterocycles. The Morgan fingerprint density at radius 1 is 1.33 bits per heavy atom. The number of nitrogens with zero attached hydrogens (tertiary/aromatic N) is 1. The van der Waals surface area contributed by atoms with E-state index in [1.807, 2.05) is 25.1 Å². The van der Waals surface area contributed by atoms with E-state index in [1.165, 1.54) is 0 Å². The molecule has 0 unspecified atom stereocenters. The first-order valence-electron chi connectivity index (χ1n) is 5.64. The van der Waals surface area contributed by atoms with Crippen LogP contribution in [-0.2, 0) is 6.54 Å². The summed E-state index contributed by atoms with van der Waals surface area (Å²) in [6, 6.07) is 5.70. The fourth-order valence-electron chi connectivity index (χ4n) is 2.05. The Morgan fingerprint density at radius 2 is 2.11 bits per heavy atom. The summed E-state index contributed by atoms with van der Waals surface area (Å²) in [6.07, 6.45) is 3.51. The number of aromatic nitrogens is 1. The van der Waals surface area contributed by atoms with Crippen LogP contribution in [-0.4, -0.2) is 12.1 Å². The van der Waals surface area contributed by atoms with E-state index in [2.05, 4.69) is 4.98 Å². The molecule has 0 atom stereocenters. The van der Waals surface area contributed by atoms with Gasteiger partial charge in [-0.15, -0.1) is 0 Å². The standard InChI is InChI=1S/C14H15ClN2O/c1-9-5-11(15)6-13(14(9)18-2)12-3-4-17-8-10(12)7-16/h3-6,8H,7,16H2,1-2H3. The minimum atomic E-state index is 0.428. The highest BCUT2D eigenvalue weighted by Crippen LogP contribution is 2.36. The van der Waals surface area contributed by atoms with Crippen LogP contribution in [0, 0.1) is 6.92 Å². The molecule has 4 heteroatoms. The Balaban J connectivity index is 2.70. The molecular formula is C14H15ClN2O. The van der Waals surface area contributed by atoms with E-state index in [9.17, 15) is 0 Å². The predicted octanol–water partition coefficient (Wildman–Crippen LogP) is 3.18. The highest BCUT2D eigenvalue weighted by atomic mass is 35.5. The Hall–Kier alpha value is -1.58. The molecule has 2 N–H and O–H groups in total. The minimum absolute atomic E-state index is 0.428. The van der Waals surface area contributed by atoms with E-state index < -0.39 is 0 Å². The Bertz CT molecular complexity index is 570. The average Bonchev–Trinajstić information content (AvgIpc) is 2.38. The number of pyridine rings is 1. The van der Waals surface area contributed by atoms with E-state index in [-0.39, 0.29) is 0 Å². The van der Waals surface area contributed by atoms with Gasteiger partial charge in [0.05, 0.1) is 7.11 Å². The van der Waals surface area contributed by atoms with Crippen LogP contribution in [0.25, 0.3) is 11.1 Å². The number of methoxy groups -OCH3 is 1. The maximum absolute atomic E-state index is 6.12. The molecule has 3 nitrogen and oxygen atoms in total. The van der Waals surface area contributed by atoms with Crippen molar-refractivity contribution in [1.82, 2.24) is 4.98 Å². The topological polar surface area (TPSA) is 48.1 Å². The second-order valence-electron chi connectivity index (χ2n) is 4.04. The van der Waals surface area contributed by atoms with Crippen molar-refractivity contribution in [3.05, 3.63) is 46.7 Å². The summed E-state index contributed by atoms with van der Waals surface area (Å²) < 4.78 is 5.47. The average molecular weight is 263 g/mol. The second kappa shape index (κ2) is 5.38. The lowest BCUT2D eigenvalue weighted by Gasteiger charge is -2.14. The summed E-state index contributed by atoms with van der Waals surface area (Å²) in [6.45, 7) is 2.40. The van der Waals surface area contributed by atoms with Gasteiger partial charge in [0.25, 0.3) is 0 Å². The molecule has 0 saturated carbocycles. The van der Waals surface area contributed by atoms with Crippen molar-refractivity contribution in [2.24, 2.45) is 5.73 Å². The van der Waals surface area contributed by atoms with Gasteiger partial charge in [0.2, 0.25) is 0 Å². The van der Waals surface area contributed by atoms with Crippen molar-refractivity contribution in [3.63, 3.8) is 0 Å². The number of nitrogens with two attached hydrogens (primary N) is 1. The number of aryl methyl sites for hydroxylation is 1. The molecule has 0 amide bonds. The smallest absolute Gasteiger partial charge is 0.129 e. The Labute approximate surface area is 112 Å². The maximum Gasteiger partial charge on any atom is 0.129 e. The van der Waals surface area contributed by atoms with Crippen LogP contribution in [0.4, 0.5) is 0 Å². The Morgan fingerprint density at radius 3 is 2.78 bits per heavy atom. The molecule has 0 radical (unpaired) electrons. The number of ether oxygens (including phenoxy) is 1. The summed E-state index contributed by atoms with van der Waals surface area (Å²) in [5.41, 5.74) is 9.67. The fraction of sp³-hybridized carbons (Fsp3) is 0.214. The van der Waals surface area contributed by atoms with Gasteiger partial charge in [-0.1, -0.05) is 11.6 Å². The van der Waals surface area contributed by atoms with Crippen molar-refractivity contribution < 1.29 is 4.74 Å². The summed E-state index contributed by atoms with van der Waals surface area (Å²) >= 11 is 6.12. The van der Waals surface area contributed by atoms with Gasteiger partial charge >= 0.3 is 0 Å². The monoisotopic (exact) mass is 262 g/mol. The molecule has 0 bridgehead atoms. The number of hydrogen-bond acceptors (Lipinski definition) is 3. The van der Waals surface area contributed by atoms with Crippen molar-refractivity contribution in [3.8, 4) is 16.9 Å². The summed E-state index contributed by atoms with van der Waals surface area (Å²) in [5.74, 6) is 0.820. The summed E-state index contributed by atoms with van der Waals surface area (Å²) in [4.78, 5) is 4.09. The normalized spacial score (nSPS) is 10.4. The summed E-state index contributed by atoms with van der Waals surface area (Å²) in [7, 11) is 1.66. The first-order valence-corrected chi connectivity index (χ1v) is 6.02. The molecule has 94 valence electrons. The van der Waals surface area contributed by atoms with E-state index in [1.54, 1.807) is 19.5 Å². The zero-order chi connectivity index (χ0) is 13.1. The zero-order valence-electron chi connectivity index (χ0n) is 10.4. The third-order valence-corrected chi connectivity index (χ3v) is 3.08. The van der Waals surface area contributed by atoms with Gasteiger partial charge in [0, 0.05) is 29.5 Å². The van der Waals surface area contributed by atoms with Gasteiger partial charge in [0.1, 0.15) is 5.75 Å². The molecule has 18 heavy (non-hydrogen) atoms. The fourth-order valence-corrected chi connectivity index (χ4v) is 2.33. The number of hydrogen-bond donors (Lipinski definition) is 1. The van der Waals surface area contributed by atoms with Gasteiger partial charge in [-0.3, -0.25) is 4.98 Å². The molecule has 0 aliphatic heterocycles. The number of rotatable bonds is 3. The molecule has 2 rings (SSSR count). The largest absolute Gasteiger partial charge is 0.496 e. The molecule has 0 fully saturated rings. The molecule has 0 saturated heterocycles. The highest BCUT2D eigenvalue weighted by molar-refractivity contribution is 6.31. The second-order valence-corrected chi connectivity index (χ2v) is 4.48. The molecule has 0 spiro atoms. The molecule has 0 aliphatic rings. The first kappa shape index (κ1) is 12.9. The minimum Gasteiger partial charge on any atom is -0.496 e. The predicted molar refractivity (Wildman–Crippen MR) is 73.9 cm³/mol. The molecule has 2 aromatic rings. The third kappa shape index (κ3) is 2.33. The van der Waals surface area contributed by atoms with Crippen molar-refractivity contribution in [1.29, 1.82) is 0 Å². The third-order valence-electron chi connectivity index (χ3n) is 2.86. The van der Waals surface area contributed by atoms with Gasteiger partial charge in [-0.25, -0.2) is 0 Å². The lowest BCUT2D eigenvalue weighted by Crippen LogP contribution is -2.01. The van der Waals surface area contributed by atoms with E-state index in [4.69, 9.17) is 22.1 Å². The van der Waals surface area contributed by atoms with E-state index >= 15 is 0 Å². The summed E-state index contributed by atoms with van der Waals surface area (Å²) in [5, 5.41) is 0.683. The van der Waals surface area contributed by atoms with E-state index in [0.29, 0.717) is 11.6 Å². The van der Waals surface area contributed by atoms with Crippen molar-refractivity contribution in [2.45, 2.75) is 13.5 Å². The van der Waals surface area contributed by atoms with Gasteiger partial charge in [-0.05, 0) is 41.8 Å². The number of benzene rings is 1. The lowest BCUT2D eigenvalue weighted by atomic mass is 9.98. The molecular weight excluding hydrogens is 248 g/mol. The first-order chi connectivity index (χ1) is 8.67. The zero-order valence-corrected chi connectivity index (χ0v) is 11.2. The lowest BCUT2D eigenvalue weighted by molar-refractivity contribution is 0.413. The van der Waals surface area contributed by atoms with Crippen LogP contribution >= 0.6 is 11.6 Å². The van der Waals surface area contributed by atoms with Crippen LogP contribution in [0.1, 0.15) is 11.1 Å². The van der Waals surface area contributed by atoms with Gasteiger partial charge in [0.15, 0.2) is 0 Å². The van der Waals surface area contributed by atoms with Crippen LogP contribution in [0.2, 0.25) is 5.02 Å². The van der Waals surface area contributed by atoms with Crippen molar-refractivity contribution >= 4 is 11.6 Å². The quantitative estimate of drug-likeness (QED) is 0.924. The van der Waals surface area contributed by atoms with Gasteiger partial charge in [-0.2, -0.15) is 0 Å². The van der Waals surface area contributed by atoms with Crippen LogP contribution < -0.4 is 10.5 Å². The molecule has 0 aliphatic carbocycles. The molecule has 1 aromatic carbocycles. The maximum atomic E-state index is 6.12. The SMILES string of the molecule is COc1c(C)cc(Cl)cc1-c1ccncc1CN. The van der Waals surface area contributed by atoms with Crippen LogP contribution in [0.15, 0.2) is 30.6 Å². The Kier molecular flexibility index (Phi) is 3.84. The van der Waals surface area contributed by atoms with Crippen LogP contribution in [0.3, 0.4) is 0 Å². The van der Waals surface area contributed by atoms with Gasteiger partial charge < -0.3 is 10.5 Å².